The lowest BCUT2D eigenvalue weighted by atomic mass is 10.1. The molecule has 0 saturated carbocycles. The SMILES string of the molecule is CCCCCCCCCCCc1nc(N)n(P(=O)(N(C)C)N(C)C)n1. The van der Waals surface area contributed by atoms with Crippen molar-refractivity contribution in [2.45, 2.75) is 71.1 Å². The van der Waals surface area contributed by atoms with Crippen LogP contribution >= 0.6 is 7.59 Å². The van der Waals surface area contributed by atoms with Crippen LogP contribution in [0.4, 0.5) is 5.95 Å². The molecule has 7 nitrogen and oxygen atoms in total. The number of hydrogen-bond acceptors (Lipinski definition) is 4. The van der Waals surface area contributed by atoms with E-state index in [4.69, 9.17) is 5.73 Å². The number of nitrogens with zero attached hydrogens (tertiary/aromatic N) is 5. The van der Waals surface area contributed by atoms with Crippen LogP contribution in [0.25, 0.3) is 0 Å². The van der Waals surface area contributed by atoms with Crippen LogP contribution in [0, 0.1) is 0 Å². The molecule has 1 aromatic heterocycles. The molecular weight excluding hydrogens is 335 g/mol. The molecule has 0 amide bonds. The lowest BCUT2D eigenvalue weighted by Gasteiger charge is -2.29. The van der Waals surface area contributed by atoms with E-state index in [0.717, 1.165) is 12.8 Å². The number of nitrogens with two attached hydrogens (primary N) is 1. The van der Waals surface area contributed by atoms with E-state index in [0.29, 0.717) is 5.82 Å². The molecule has 8 heteroatoms. The van der Waals surface area contributed by atoms with Gasteiger partial charge in [0.1, 0.15) is 0 Å². The first-order chi connectivity index (χ1) is 11.8. The van der Waals surface area contributed by atoms with Crippen LogP contribution in [0.1, 0.15) is 70.5 Å². The average molecular weight is 372 g/mol. The molecule has 0 radical (unpaired) electrons. The van der Waals surface area contributed by atoms with Crippen molar-refractivity contribution in [1.29, 1.82) is 0 Å². The smallest absolute Gasteiger partial charge is 0.332 e. The summed E-state index contributed by atoms with van der Waals surface area (Å²) < 4.78 is 17.9. The Kier molecular flexibility index (Phi) is 9.69. The molecule has 1 heterocycles. The molecule has 0 aliphatic rings. The van der Waals surface area contributed by atoms with E-state index >= 15 is 0 Å². The van der Waals surface area contributed by atoms with E-state index in [1.165, 1.54) is 55.8 Å². The third kappa shape index (κ3) is 6.39. The summed E-state index contributed by atoms with van der Waals surface area (Å²) in [5, 5.41) is 4.43. The van der Waals surface area contributed by atoms with Gasteiger partial charge in [0.2, 0.25) is 5.95 Å². The van der Waals surface area contributed by atoms with Gasteiger partial charge in [0, 0.05) is 6.42 Å². The van der Waals surface area contributed by atoms with E-state index < -0.39 is 7.59 Å². The number of nitrogen functional groups attached to an aromatic ring is 1. The first-order valence-electron chi connectivity index (χ1n) is 9.52. The summed E-state index contributed by atoms with van der Waals surface area (Å²) in [5.74, 6) is 0.904. The summed E-state index contributed by atoms with van der Waals surface area (Å²) in [5.41, 5.74) is 5.98. The fourth-order valence-electron chi connectivity index (χ4n) is 2.95. The van der Waals surface area contributed by atoms with E-state index in [1.807, 2.05) is 0 Å². The van der Waals surface area contributed by atoms with Crippen molar-refractivity contribution >= 4 is 13.5 Å². The van der Waals surface area contributed by atoms with Crippen molar-refractivity contribution in [2.24, 2.45) is 0 Å². The van der Waals surface area contributed by atoms with Gasteiger partial charge in [-0.25, -0.2) is 9.34 Å². The molecule has 0 aromatic carbocycles. The molecule has 0 aliphatic carbocycles. The van der Waals surface area contributed by atoms with Crippen LogP contribution < -0.4 is 5.73 Å². The zero-order valence-electron chi connectivity index (χ0n) is 16.7. The molecular formula is C17H37N6OP. The van der Waals surface area contributed by atoms with Crippen molar-refractivity contribution in [1.82, 2.24) is 23.9 Å². The van der Waals surface area contributed by atoms with Crippen molar-refractivity contribution in [3.8, 4) is 0 Å². The van der Waals surface area contributed by atoms with Crippen LogP contribution in [0.2, 0.25) is 0 Å². The normalized spacial score (nSPS) is 12.4. The van der Waals surface area contributed by atoms with Crippen LogP contribution in [-0.4, -0.2) is 52.1 Å². The van der Waals surface area contributed by atoms with Gasteiger partial charge in [0.05, 0.1) is 0 Å². The summed E-state index contributed by atoms with van der Waals surface area (Å²) in [6.45, 7) is 2.25. The second-order valence-electron chi connectivity index (χ2n) is 7.06. The Labute approximate surface area is 153 Å². The van der Waals surface area contributed by atoms with Crippen molar-refractivity contribution in [3.05, 3.63) is 5.82 Å². The molecule has 0 fully saturated rings. The highest BCUT2D eigenvalue weighted by Crippen LogP contribution is 2.51. The number of aryl methyl sites for hydroxylation is 1. The highest BCUT2D eigenvalue weighted by Gasteiger charge is 2.34. The molecule has 1 aromatic rings. The van der Waals surface area contributed by atoms with E-state index in [1.54, 1.807) is 37.5 Å². The Hall–Kier alpha value is -0.910. The predicted octanol–water partition coefficient (Wildman–Crippen LogP) is 4.01. The van der Waals surface area contributed by atoms with Gasteiger partial charge in [-0.2, -0.15) is 9.44 Å². The predicted molar refractivity (Wildman–Crippen MR) is 106 cm³/mol. The molecule has 0 aliphatic heterocycles. The molecule has 0 bridgehead atoms. The summed E-state index contributed by atoms with van der Waals surface area (Å²) >= 11 is 0. The Morgan fingerprint density at radius 2 is 1.40 bits per heavy atom. The van der Waals surface area contributed by atoms with E-state index in [-0.39, 0.29) is 5.95 Å². The Morgan fingerprint density at radius 3 is 1.88 bits per heavy atom. The molecule has 0 saturated heterocycles. The molecule has 0 atom stereocenters. The van der Waals surface area contributed by atoms with Gasteiger partial charge in [-0.05, 0) is 34.6 Å². The minimum atomic E-state index is -3.01. The Morgan fingerprint density at radius 1 is 0.920 bits per heavy atom. The van der Waals surface area contributed by atoms with Crippen LogP contribution in [0.15, 0.2) is 0 Å². The fraction of sp³-hybridized carbons (Fsp3) is 0.882. The topological polar surface area (TPSA) is 80.3 Å². The number of anilines is 1. The van der Waals surface area contributed by atoms with Gasteiger partial charge in [0.25, 0.3) is 0 Å². The van der Waals surface area contributed by atoms with Crippen molar-refractivity contribution in [2.75, 3.05) is 33.9 Å². The number of aromatic nitrogens is 3. The van der Waals surface area contributed by atoms with Crippen LogP contribution in [0.3, 0.4) is 0 Å². The molecule has 1 rings (SSSR count). The summed E-state index contributed by atoms with van der Waals surface area (Å²) in [6, 6.07) is 0. The maximum absolute atomic E-state index is 13.2. The lowest BCUT2D eigenvalue weighted by molar-refractivity contribution is 0.430. The second kappa shape index (κ2) is 10.9. The average Bonchev–Trinajstić information content (AvgIpc) is 2.93. The third-order valence-electron chi connectivity index (χ3n) is 4.45. The monoisotopic (exact) mass is 372 g/mol. The third-order valence-corrected chi connectivity index (χ3v) is 7.32. The lowest BCUT2D eigenvalue weighted by Crippen LogP contribution is -2.27. The quantitative estimate of drug-likeness (QED) is 0.416. The molecule has 0 spiro atoms. The minimum Gasteiger partial charge on any atom is -0.368 e. The summed E-state index contributed by atoms with van der Waals surface area (Å²) in [4.78, 5) is 4.31. The molecule has 0 unspecified atom stereocenters. The van der Waals surface area contributed by atoms with Crippen LogP contribution in [0.5, 0.6) is 0 Å². The Balaban J connectivity index is 2.43. The Bertz CT molecular complexity index is 531. The first-order valence-corrected chi connectivity index (χ1v) is 11.1. The zero-order valence-corrected chi connectivity index (χ0v) is 17.6. The zero-order chi connectivity index (χ0) is 18.9. The van der Waals surface area contributed by atoms with Crippen molar-refractivity contribution in [3.63, 3.8) is 0 Å². The van der Waals surface area contributed by atoms with Gasteiger partial charge in [-0.1, -0.05) is 58.3 Å². The van der Waals surface area contributed by atoms with Crippen molar-refractivity contribution < 1.29 is 4.57 Å². The minimum absolute atomic E-state index is 0.219. The maximum Gasteiger partial charge on any atom is 0.332 e. The van der Waals surface area contributed by atoms with E-state index in [2.05, 4.69) is 17.0 Å². The van der Waals surface area contributed by atoms with Gasteiger partial charge in [-0.3, -0.25) is 4.57 Å². The van der Waals surface area contributed by atoms with E-state index in [9.17, 15) is 4.57 Å². The highest BCUT2D eigenvalue weighted by molar-refractivity contribution is 7.57. The fourth-order valence-corrected chi connectivity index (χ4v) is 4.87. The largest absolute Gasteiger partial charge is 0.368 e. The second-order valence-corrected chi connectivity index (χ2v) is 10.1. The molecule has 25 heavy (non-hydrogen) atoms. The molecule has 2 N–H and O–H groups in total. The highest BCUT2D eigenvalue weighted by atomic mass is 31.2. The van der Waals surface area contributed by atoms with Gasteiger partial charge < -0.3 is 5.73 Å². The first kappa shape index (κ1) is 22.1. The maximum atomic E-state index is 13.2. The summed E-state index contributed by atoms with van der Waals surface area (Å²) in [6.07, 6.45) is 12.3. The van der Waals surface area contributed by atoms with Gasteiger partial charge in [0.15, 0.2) is 5.82 Å². The number of hydrogen-bond donors (Lipinski definition) is 1. The standard InChI is InChI=1S/C17H37N6OP/c1-6-7-8-9-10-11-12-13-14-15-16-19-17(18)23(20-16)25(24,21(2)3)22(4)5/h6-15H2,1-5H3,(H2,18,19,20). The number of rotatable bonds is 13. The molecule has 146 valence electrons. The number of unbranched alkanes of at least 4 members (excludes halogenated alkanes) is 8. The summed E-state index contributed by atoms with van der Waals surface area (Å²) in [7, 11) is 4.05. The van der Waals surface area contributed by atoms with Gasteiger partial charge in [-0.15, -0.1) is 5.10 Å². The van der Waals surface area contributed by atoms with Crippen LogP contribution in [-0.2, 0) is 11.0 Å². The van der Waals surface area contributed by atoms with Gasteiger partial charge >= 0.3 is 7.59 Å².